The summed E-state index contributed by atoms with van der Waals surface area (Å²) >= 11 is 0. The summed E-state index contributed by atoms with van der Waals surface area (Å²) in [5, 5.41) is 4.69. The second-order valence-corrected chi connectivity index (χ2v) is 9.93. The van der Waals surface area contributed by atoms with Gasteiger partial charge in [-0.1, -0.05) is 36.4 Å². The van der Waals surface area contributed by atoms with E-state index in [1.54, 1.807) is 0 Å². The molecule has 0 saturated carbocycles. The third-order valence-corrected chi connectivity index (χ3v) is 7.45. The Bertz CT molecular complexity index is 1430. The number of rotatable bonds is 2. The van der Waals surface area contributed by atoms with Gasteiger partial charge in [-0.05, 0) is 43.8 Å². The van der Waals surface area contributed by atoms with E-state index in [-0.39, 0.29) is 17.9 Å². The number of hydrogen-bond acceptors (Lipinski definition) is 4. The molecule has 0 radical (unpaired) electrons. The highest BCUT2D eigenvalue weighted by Crippen LogP contribution is 2.44. The summed E-state index contributed by atoms with van der Waals surface area (Å²) in [5.41, 5.74) is 3.94. The van der Waals surface area contributed by atoms with E-state index in [0.717, 1.165) is 45.9 Å². The van der Waals surface area contributed by atoms with Crippen LogP contribution in [-0.2, 0) is 20.9 Å². The Hall–Kier alpha value is -3.42. The third kappa shape index (κ3) is 3.66. The quantitative estimate of drug-likeness (QED) is 0.454. The highest BCUT2D eigenvalue weighted by Gasteiger charge is 2.46. The van der Waals surface area contributed by atoms with E-state index < -0.39 is 11.8 Å². The van der Waals surface area contributed by atoms with Crippen LogP contribution < -0.4 is 5.32 Å². The molecule has 6 rings (SSSR count). The summed E-state index contributed by atoms with van der Waals surface area (Å²) < 4.78 is 10.5. The molecular weight excluding hydrogens is 440 g/mol. The number of nitrogens with zero attached hydrogens (tertiary/aromatic N) is 3. The lowest BCUT2D eigenvalue weighted by Crippen LogP contribution is -2.25. The normalized spacial score (nSPS) is 23.0. The van der Waals surface area contributed by atoms with Crippen molar-refractivity contribution in [1.29, 1.82) is 0 Å². The number of nitrogens with one attached hydrogen (secondary N) is 1. The molecule has 4 bridgehead atoms. The maximum Gasteiger partial charge on any atom is 0.235 e. The van der Waals surface area contributed by atoms with Crippen LogP contribution in [0.5, 0.6) is 0 Å². The lowest BCUT2D eigenvalue weighted by Gasteiger charge is -2.24. The highest BCUT2D eigenvalue weighted by molar-refractivity contribution is 6.13. The Balaban J connectivity index is 1.59. The SMILES string of the molecule is CN(C)C[C@@H]1CCOCCn2cc(c3ccccc32)[C@H]2C(=O)NC(=O)[C@H]2c2cn1c1ccccc21. The zero-order valence-corrected chi connectivity index (χ0v) is 20.1. The van der Waals surface area contributed by atoms with Crippen molar-refractivity contribution in [2.75, 3.05) is 33.9 Å². The van der Waals surface area contributed by atoms with Crippen molar-refractivity contribution in [3.05, 3.63) is 72.1 Å². The molecule has 2 aliphatic heterocycles. The van der Waals surface area contributed by atoms with E-state index in [4.69, 9.17) is 4.74 Å². The van der Waals surface area contributed by atoms with Crippen molar-refractivity contribution in [3.63, 3.8) is 0 Å². The van der Waals surface area contributed by atoms with Crippen molar-refractivity contribution in [3.8, 4) is 0 Å². The van der Waals surface area contributed by atoms with Crippen molar-refractivity contribution < 1.29 is 14.3 Å². The first-order chi connectivity index (χ1) is 17.0. The maximum absolute atomic E-state index is 13.3. The van der Waals surface area contributed by atoms with Crippen LogP contribution in [-0.4, -0.2) is 59.7 Å². The van der Waals surface area contributed by atoms with Gasteiger partial charge in [0.15, 0.2) is 0 Å². The van der Waals surface area contributed by atoms with Gasteiger partial charge < -0.3 is 18.8 Å². The van der Waals surface area contributed by atoms with Crippen LogP contribution >= 0.6 is 0 Å². The van der Waals surface area contributed by atoms with E-state index >= 15 is 0 Å². The number of hydrogen-bond donors (Lipinski definition) is 1. The molecule has 2 amide bonds. The van der Waals surface area contributed by atoms with Gasteiger partial charge in [-0.15, -0.1) is 0 Å². The van der Waals surface area contributed by atoms with Gasteiger partial charge in [-0.3, -0.25) is 14.9 Å². The molecule has 4 heterocycles. The molecule has 7 heteroatoms. The molecule has 2 aromatic carbocycles. The molecular formula is C28H30N4O3. The minimum atomic E-state index is -0.580. The van der Waals surface area contributed by atoms with Crippen LogP contribution in [0.1, 0.15) is 35.4 Å². The molecule has 7 nitrogen and oxygen atoms in total. The molecule has 0 unspecified atom stereocenters. The molecule has 1 saturated heterocycles. The van der Waals surface area contributed by atoms with Crippen LogP contribution in [0.15, 0.2) is 60.9 Å². The summed E-state index contributed by atoms with van der Waals surface area (Å²) in [6.07, 6.45) is 5.01. The second-order valence-electron chi connectivity index (χ2n) is 9.93. The van der Waals surface area contributed by atoms with E-state index in [0.29, 0.717) is 19.8 Å². The predicted molar refractivity (Wildman–Crippen MR) is 136 cm³/mol. The Morgan fingerprint density at radius 3 is 2.23 bits per heavy atom. The van der Waals surface area contributed by atoms with E-state index in [2.05, 4.69) is 57.8 Å². The topological polar surface area (TPSA) is 68.5 Å². The monoisotopic (exact) mass is 470 g/mol. The zero-order valence-electron chi connectivity index (χ0n) is 20.1. The summed E-state index contributed by atoms with van der Waals surface area (Å²) in [6.45, 7) is 2.78. The Morgan fingerprint density at radius 1 is 0.886 bits per heavy atom. The standard InChI is InChI=1S/C28H30N4O3/c1-30(2)15-18-11-13-35-14-12-31-16-21(19-7-3-5-9-23(19)31)25-26(28(34)29-27(25)33)22-17-32(18)24-10-6-4-8-20(22)24/h3-10,16-18,25-26H,11-15H2,1-2H3,(H,29,33,34)/t18-,25+,26-/m0/s1. The highest BCUT2D eigenvalue weighted by atomic mass is 16.5. The fourth-order valence-electron chi connectivity index (χ4n) is 5.94. The van der Waals surface area contributed by atoms with E-state index in [1.807, 2.05) is 36.5 Å². The summed E-state index contributed by atoms with van der Waals surface area (Å²) in [4.78, 5) is 28.8. The van der Waals surface area contributed by atoms with Gasteiger partial charge in [0, 0.05) is 59.9 Å². The zero-order chi connectivity index (χ0) is 24.1. The Kier molecular flexibility index (Phi) is 5.46. The van der Waals surface area contributed by atoms with Crippen LogP contribution in [0.25, 0.3) is 21.8 Å². The average molecular weight is 471 g/mol. The van der Waals surface area contributed by atoms with Crippen molar-refractivity contribution >= 4 is 33.6 Å². The number of fused-ring (bicyclic) bond motifs is 13. The maximum atomic E-state index is 13.3. The number of aromatic nitrogens is 2. The summed E-state index contributed by atoms with van der Waals surface area (Å²) in [6, 6.07) is 16.5. The number of carbonyl (C=O) groups excluding carboxylic acids is 2. The van der Waals surface area contributed by atoms with Crippen LogP contribution in [0, 0.1) is 0 Å². The first-order valence-electron chi connectivity index (χ1n) is 12.3. The van der Waals surface area contributed by atoms with Gasteiger partial charge in [0.25, 0.3) is 0 Å². The molecule has 4 aromatic rings. The summed E-state index contributed by atoms with van der Waals surface area (Å²) in [5.74, 6) is -1.61. The first kappa shape index (κ1) is 22.1. The molecule has 1 fully saturated rings. The fourth-order valence-corrected chi connectivity index (χ4v) is 5.94. The molecule has 2 aliphatic rings. The van der Waals surface area contributed by atoms with Gasteiger partial charge in [0.05, 0.1) is 18.4 Å². The molecule has 180 valence electrons. The van der Waals surface area contributed by atoms with E-state index in [1.165, 1.54) is 0 Å². The predicted octanol–water partition coefficient (Wildman–Crippen LogP) is 3.64. The van der Waals surface area contributed by atoms with Gasteiger partial charge in [-0.2, -0.15) is 0 Å². The van der Waals surface area contributed by atoms with Crippen molar-refractivity contribution in [2.45, 2.75) is 30.8 Å². The molecule has 3 atom stereocenters. The number of imide groups is 1. The summed E-state index contributed by atoms with van der Waals surface area (Å²) in [7, 11) is 4.15. The number of ether oxygens (including phenoxy) is 1. The van der Waals surface area contributed by atoms with Gasteiger partial charge >= 0.3 is 0 Å². The lowest BCUT2D eigenvalue weighted by atomic mass is 9.83. The minimum Gasteiger partial charge on any atom is -0.380 e. The van der Waals surface area contributed by atoms with Gasteiger partial charge in [-0.25, -0.2) is 0 Å². The van der Waals surface area contributed by atoms with Gasteiger partial charge in [0.1, 0.15) is 0 Å². The molecule has 35 heavy (non-hydrogen) atoms. The molecule has 2 aromatic heterocycles. The van der Waals surface area contributed by atoms with E-state index in [9.17, 15) is 9.59 Å². The molecule has 0 spiro atoms. The smallest absolute Gasteiger partial charge is 0.235 e. The minimum absolute atomic E-state index is 0.179. The van der Waals surface area contributed by atoms with Gasteiger partial charge in [0.2, 0.25) is 11.8 Å². The first-order valence-corrected chi connectivity index (χ1v) is 12.3. The average Bonchev–Trinajstić information content (AvgIpc) is 3.48. The molecule has 1 N–H and O–H groups in total. The number of likely N-dealkylation sites (N-methyl/N-ethyl adjacent to an activating group) is 1. The van der Waals surface area contributed by atoms with Crippen LogP contribution in [0.4, 0.5) is 0 Å². The molecule has 0 aliphatic carbocycles. The lowest BCUT2D eigenvalue weighted by molar-refractivity contribution is -0.125. The Morgan fingerprint density at radius 2 is 1.51 bits per heavy atom. The van der Waals surface area contributed by atoms with Crippen molar-refractivity contribution in [2.24, 2.45) is 0 Å². The number of benzene rings is 2. The second kappa shape index (κ2) is 8.66. The third-order valence-electron chi connectivity index (χ3n) is 7.45. The largest absolute Gasteiger partial charge is 0.380 e. The number of amides is 2. The number of carbonyl (C=O) groups is 2. The Labute approximate surface area is 204 Å². The van der Waals surface area contributed by atoms with Crippen molar-refractivity contribution in [1.82, 2.24) is 19.4 Å². The van der Waals surface area contributed by atoms with Crippen LogP contribution in [0.2, 0.25) is 0 Å². The van der Waals surface area contributed by atoms with Crippen LogP contribution in [0.3, 0.4) is 0 Å². The number of para-hydroxylation sites is 2. The fraction of sp³-hybridized carbons (Fsp3) is 0.357.